The number of hydrogen-bond acceptors (Lipinski definition) is 2. The molecule has 3 heteroatoms. The standard InChI is InChI=1S/C14H14O2S/c1-17-13-9-5-4-7-11(13)10-6-2-3-8-12(10)14(15)16/h2-3,6-9H,4-5H2,1H3,(H,15,16). The first-order valence-electron chi connectivity index (χ1n) is 5.51. The molecule has 0 heterocycles. The van der Waals surface area contributed by atoms with Crippen LogP contribution in [-0.4, -0.2) is 17.3 Å². The van der Waals surface area contributed by atoms with Crippen LogP contribution in [0.15, 0.2) is 41.3 Å². The Hall–Kier alpha value is -1.48. The summed E-state index contributed by atoms with van der Waals surface area (Å²) < 4.78 is 0. The van der Waals surface area contributed by atoms with Crippen LogP contribution >= 0.6 is 11.8 Å². The highest BCUT2D eigenvalue weighted by Gasteiger charge is 2.16. The maximum absolute atomic E-state index is 11.2. The predicted molar refractivity (Wildman–Crippen MR) is 72.2 cm³/mol. The minimum Gasteiger partial charge on any atom is -0.478 e. The molecule has 0 saturated heterocycles. The number of hydrogen-bond donors (Lipinski definition) is 1. The Bertz CT molecular complexity index is 501. The van der Waals surface area contributed by atoms with E-state index < -0.39 is 5.97 Å². The van der Waals surface area contributed by atoms with Crippen molar-refractivity contribution in [3.63, 3.8) is 0 Å². The normalized spacial score (nSPS) is 15.1. The van der Waals surface area contributed by atoms with Crippen molar-refractivity contribution in [1.82, 2.24) is 0 Å². The van der Waals surface area contributed by atoms with Crippen molar-refractivity contribution in [3.8, 4) is 0 Å². The lowest BCUT2D eigenvalue weighted by Crippen LogP contribution is -2.03. The van der Waals surface area contributed by atoms with E-state index in [0.29, 0.717) is 5.56 Å². The first-order valence-corrected chi connectivity index (χ1v) is 6.74. The van der Waals surface area contributed by atoms with Gasteiger partial charge in [-0.2, -0.15) is 0 Å². The van der Waals surface area contributed by atoms with Gasteiger partial charge in [0, 0.05) is 4.91 Å². The summed E-state index contributed by atoms with van der Waals surface area (Å²) in [7, 11) is 0. The Kier molecular flexibility index (Phi) is 3.69. The molecular formula is C14H14O2S. The van der Waals surface area contributed by atoms with Crippen molar-refractivity contribution < 1.29 is 9.90 Å². The molecule has 0 aromatic heterocycles. The zero-order chi connectivity index (χ0) is 12.3. The Balaban J connectivity index is 2.50. The average Bonchev–Trinajstić information content (AvgIpc) is 2.38. The molecule has 1 aliphatic carbocycles. The van der Waals surface area contributed by atoms with E-state index in [0.717, 1.165) is 24.0 Å². The monoisotopic (exact) mass is 246 g/mol. The molecule has 0 aliphatic heterocycles. The second kappa shape index (κ2) is 5.23. The SMILES string of the molecule is CSC1=CCCC=C1c1ccccc1C(=O)O. The minimum atomic E-state index is -0.868. The Morgan fingerprint density at radius 2 is 1.94 bits per heavy atom. The van der Waals surface area contributed by atoms with E-state index in [2.05, 4.69) is 12.2 Å². The fourth-order valence-electron chi connectivity index (χ4n) is 1.99. The fraction of sp³-hybridized carbons (Fsp3) is 0.214. The van der Waals surface area contributed by atoms with Crippen molar-refractivity contribution >= 4 is 23.3 Å². The largest absolute Gasteiger partial charge is 0.478 e. The van der Waals surface area contributed by atoms with Gasteiger partial charge in [-0.05, 0) is 36.3 Å². The molecular weight excluding hydrogens is 232 g/mol. The number of thioether (sulfide) groups is 1. The molecule has 88 valence electrons. The second-order valence-corrected chi connectivity index (χ2v) is 4.67. The first-order chi connectivity index (χ1) is 8.24. The third-order valence-corrected chi connectivity index (χ3v) is 3.60. The van der Waals surface area contributed by atoms with Gasteiger partial charge in [-0.15, -0.1) is 11.8 Å². The van der Waals surface area contributed by atoms with Crippen LogP contribution < -0.4 is 0 Å². The summed E-state index contributed by atoms with van der Waals surface area (Å²) in [5, 5.41) is 9.20. The van der Waals surface area contributed by atoms with Gasteiger partial charge in [0.15, 0.2) is 0 Å². The number of benzene rings is 1. The van der Waals surface area contributed by atoms with Gasteiger partial charge in [0.25, 0.3) is 0 Å². The molecule has 0 unspecified atom stereocenters. The summed E-state index contributed by atoms with van der Waals surface area (Å²) in [6.45, 7) is 0. The topological polar surface area (TPSA) is 37.3 Å². The van der Waals surface area contributed by atoms with E-state index in [-0.39, 0.29) is 0 Å². The van der Waals surface area contributed by atoms with Gasteiger partial charge in [0.2, 0.25) is 0 Å². The molecule has 0 radical (unpaired) electrons. The molecule has 2 rings (SSSR count). The molecule has 1 aromatic rings. The molecule has 0 amide bonds. The van der Waals surface area contributed by atoms with E-state index in [1.165, 1.54) is 4.91 Å². The van der Waals surface area contributed by atoms with Crippen molar-refractivity contribution in [2.24, 2.45) is 0 Å². The lowest BCUT2D eigenvalue weighted by atomic mass is 9.95. The highest BCUT2D eigenvalue weighted by molar-refractivity contribution is 8.03. The third-order valence-electron chi connectivity index (χ3n) is 2.78. The number of aromatic carboxylic acids is 1. The number of rotatable bonds is 3. The fourth-order valence-corrected chi connectivity index (χ4v) is 2.69. The Labute approximate surface area is 105 Å². The number of carbonyl (C=O) groups is 1. The van der Waals surface area contributed by atoms with Crippen LogP contribution in [0.2, 0.25) is 0 Å². The molecule has 0 fully saturated rings. The molecule has 0 atom stereocenters. The second-order valence-electron chi connectivity index (χ2n) is 3.82. The average molecular weight is 246 g/mol. The van der Waals surface area contributed by atoms with E-state index >= 15 is 0 Å². The van der Waals surface area contributed by atoms with Gasteiger partial charge in [-0.1, -0.05) is 30.4 Å². The zero-order valence-corrected chi connectivity index (χ0v) is 10.5. The number of carboxylic acids is 1. The van der Waals surface area contributed by atoms with E-state index in [1.807, 2.05) is 18.4 Å². The number of allylic oxidation sites excluding steroid dienone is 3. The van der Waals surface area contributed by atoms with Crippen molar-refractivity contribution in [3.05, 3.63) is 52.4 Å². The lowest BCUT2D eigenvalue weighted by Gasteiger charge is -2.16. The molecule has 0 bridgehead atoms. The summed E-state index contributed by atoms with van der Waals surface area (Å²) in [5.74, 6) is -0.868. The van der Waals surface area contributed by atoms with Crippen LogP contribution in [0.1, 0.15) is 28.8 Å². The van der Waals surface area contributed by atoms with Crippen LogP contribution in [0.5, 0.6) is 0 Å². The first kappa shape index (κ1) is 12.0. The molecule has 0 saturated carbocycles. The zero-order valence-electron chi connectivity index (χ0n) is 9.64. The van der Waals surface area contributed by atoms with Crippen LogP contribution in [0.25, 0.3) is 5.57 Å². The Morgan fingerprint density at radius 3 is 2.65 bits per heavy atom. The van der Waals surface area contributed by atoms with E-state index in [1.54, 1.807) is 23.9 Å². The van der Waals surface area contributed by atoms with Crippen molar-refractivity contribution in [1.29, 1.82) is 0 Å². The third kappa shape index (κ3) is 2.44. The van der Waals surface area contributed by atoms with Crippen LogP contribution in [0, 0.1) is 0 Å². The molecule has 17 heavy (non-hydrogen) atoms. The van der Waals surface area contributed by atoms with Crippen LogP contribution in [0.3, 0.4) is 0 Å². The van der Waals surface area contributed by atoms with Gasteiger partial charge in [0.05, 0.1) is 5.56 Å². The lowest BCUT2D eigenvalue weighted by molar-refractivity contribution is 0.0696. The molecule has 1 aromatic carbocycles. The summed E-state index contributed by atoms with van der Waals surface area (Å²) in [6.07, 6.45) is 8.35. The van der Waals surface area contributed by atoms with Gasteiger partial charge in [-0.3, -0.25) is 0 Å². The highest BCUT2D eigenvalue weighted by atomic mass is 32.2. The quantitative estimate of drug-likeness (QED) is 0.881. The Morgan fingerprint density at radius 1 is 1.24 bits per heavy atom. The molecule has 1 aliphatic rings. The van der Waals surface area contributed by atoms with Crippen LogP contribution in [-0.2, 0) is 0 Å². The van der Waals surface area contributed by atoms with Gasteiger partial charge >= 0.3 is 5.97 Å². The van der Waals surface area contributed by atoms with E-state index in [9.17, 15) is 9.90 Å². The highest BCUT2D eigenvalue weighted by Crippen LogP contribution is 2.35. The smallest absolute Gasteiger partial charge is 0.336 e. The predicted octanol–water partition coefficient (Wildman–Crippen LogP) is 3.81. The van der Waals surface area contributed by atoms with E-state index in [4.69, 9.17) is 0 Å². The summed E-state index contributed by atoms with van der Waals surface area (Å²) in [6, 6.07) is 7.18. The minimum absolute atomic E-state index is 0.376. The van der Waals surface area contributed by atoms with Crippen LogP contribution in [0.4, 0.5) is 0 Å². The van der Waals surface area contributed by atoms with Gasteiger partial charge in [-0.25, -0.2) is 4.79 Å². The molecule has 1 N–H and O–H groups in total. The maximum Gasteiger partial charge on any atom is 0.336 e. The van der Waals surface area contributed by atoms with Gasteiger partial charge in [0.1, 0.15) is 0 Å². The van der Waals surface area contributed by atoms with Crippen molar-refractivity contribution in [2.45, 2.75) is 12.8 Å². The summed E-state index contributed by atoms with van der Waals surface area (Å²) in [4.78, 5) is 12.4. The molecule has 2 nitrogen and oxygen atoms in total. The summed E-state index contributed by atoms with van der Waals surface area (Å²) in [5.41, 5.74) is 2.25. The molecule has 0 spiro atoms. The van der Waals surface area contributed by atoms with Gasteiger partial charge < -0.3 is 5.11 Å². The summed E-state index contributed by atoms with van der Waals surface area (Å²) >= 11 is 1.67. The van der Waals surface area contributed by atoms with Crippen molar-refractivity contribution in [2.75, 3.05) is 6.26 Å². The maximum atomic E-state index is 11.2. The number of carboxylic acid groups (broad SMARTS) is 1.